The fraction of sp³-hybridized carbons (Fsp3) is 0.889. The molecular weight excluding hydrogens is 152 g/mol. The van der Waals surface area contributed by atoms with Gasteiger partial charge in [0.15, 0.2) is 0 Å². The van der Waals surface area contributed by atoms with Gasteiger partial charge in [-0.2, -0.15) is 0 Å². The van der Waals surface area contributed by atoms with Crippen LogP contribution >= 0.6 is 0 Å². The van der Waals surface area contributed by atoms with Crippen molar-refractivity contribution in [2.45, 2.75) is 25.8 Å². The predicted molar refractivity (Wildman–Crippen MR) is 46.7 cm³/mol. The van der Waals surface area contributed by atoms with Gasteiger partial charge in [0.25, 0.3) is 0 Å². The monoisotopic (exact) mass is 168 g/mol. The summed E-state index contributed by atoms with van der Waals surface area (Å²) >= 11 is 0. The predicted octanol–water partition coefficient (Wildman–Crippen LogP) is 0.120. The summed E-state index contributed by atoms with van der Waals surface area (Å²) in [6.07, 6.45) is 2.40. The molecule has 1 amide bonds. The second-order valence-electron chi connectivity index (χ2n) is 3.87. The molecule has 12 heavy (non-hydrogen) atoms. The quantitative estimate of drug-likeness (QED) is 0.628. The SMILES string of the molecule is CCC1CC1NC(=O)C1CNC1. The van der Waals surface area contributed by atoms with Crippen LogP contribution in [-0.4, -0.2) is 25.0 Å². The normalized spacial score (nSPS) is 34.1. The second-order valence-corrected chi connectivity index (χ2v) is 3.87. The highest BCUT2D eigenvalue weighted by molar-refractivity contribution is 5.80. The van der Waals surface area contributed by atoms with Crippen molar-refractivity contribution in [1.29, 1.82) is 0 Å². The largest absolute Gasteiger partial charge is 0.353 e. The van der Waals surface area contributed by atoms with Crippen molar-refractivity contribution in [3.63, 3.8) is 0 Å². The minimum absolute atomic E-state index is 0.253. The maximum Gasteiger partial charge on any atom is 0.225 e. The van der Waals surface area contributed by atoms with Gasteiger partial charge in [-0.3, -0.25) is 4.79 Å². The van der Waals surface area contributed by atoms with Crippen LogP contribution in [0.1, 0.15) is 19.8 Å². The fourth-order valence-electron chi connectivity index (χ4n) is 1.65. The Morgan fingerprint density at radius 3 is 2.75 bits per heavy atom. The van der Waals surface area contributed by atoms with Crippen LogP contribution in [0.15, 0.2) is 0 Å². The lowest BCUT2D eigenvalue weighted by molar-refractivity contribution is -0.126. The summed E-state index contributed by atoms with van der Waals surface area (Å²) in [5, 5.41) is 6.18. The van der Waals surface area contributed by atoms with Gasteiger partial charge in [0.1, 0.15) is 0 Å². The summed E-state index contributed by atoms with van der Waals surface area (Å²) in [6, 6.07) is 0.503. The highest BCUT2D eigenvalue weighted by Gasteiger charge is 2.38. The molecule has 2 rings (SSSR count). The molecule has 2 fully saturated rings. The summed E-state index contributed by atoms with van der Waals surface area (Å²) in [4.78, 5) is 11.4. The number of hydrogen-bond donors (Lipinski definition) is 2. The molecular formula is C9H16N2O. The molecule has 1 aliphatic carbocycles. The van der Waals surface area contributed by atoms with Crippen molar-refractivity contribution in [3.8, 4) is 0 Å². The van der Waals surface area contributed by atoms with E-state index in [-0.39, 0.29) is 11.8 Å². The molecule has 1 saturated heterocycles. The molecule has 2 atom stereocenters. The van der Waals surface area contributed by atoms with Crippen molar-refractivity contribution in [2.24, 2.45) is 11.8 Å². The van der Waals surface area contributed by atoms with Crippen LogP contribution in [0.4, 0.5) is 0 Å². The van der Waals surface area contributed by atoms with E-state index in [0.717, 1.165) is 19.0 Å². The molecule has 0 bridgehead atoms. The first-order valence-corrected chi connectivity index (χ1v) is 4.82. The topological polar surface area (TPSA) is 41.1 Å². The van der Waals surface area contributed by atoms with E-state index in [1.54, 1.807) is 0 Å². The highest BCUT2D eigenvalue weighted by atomic mass is 16.2. The molecule has 2 N–H and O–H groups in total. The summed E-state index contributed by atoms with van der Waals surface area (Å²) in [7, 11) is 0. The molecule has 0 radical (unpaired) electrons. The van der Waals surface area contributed by atoms with Gasteiger partial charge in [0.05, 0.1) is 5.92 Å². The summed E-state index contributed by atoms with van der Waals surface area (Å²) < 4.78 is 0. The Kier molecular flexibility index (Phi) is 2.05. The van der Waals surface area contributed by atoms with E-state index in [1.165, 1.54) is 12.8 Å². The second kappa shape index (κ2) is 3.05. The average Bonchev–Trinajstić information content (AvgIpc) is 2.63. The van der Waals surface area contributed by atoms with Gasteiger partial charge in [-0.05, 0) is 12.3 Å². The van der Waals surface area contributed by atoms with Crippen LogP contribution in [0.5, 0.6) is 0 Å². The molecule has 2 unspecified atom stereocenters. The van der Waals surface area contributed by atoms with Crippen LogP contribution in [0.25, 0.3) is 0 Å². The Balaban J connectivity index is 1.69. The van der Waals surface area contributed by atoms with Gasteiger partial charge in [-0.1, -0.05) is 13.3 Å². The lowest BCUT2D eigenvalue weighted by Gasteiger charge is -2.25. The summed E-state index contributed by atoms with van der Waals surface area (Å²) in [6.45, 7) is 3.92. The van der Waals surface area contributed by atoms with Gasteiger partial charge in [0, 0.05) is 19.1 Å². The van der Waals surface area contributed by atoms with Crippen LogP contribution in [0.2, 0.25) is 0 Å². The van der Waals surface area contributed by atoms with Crippen LogP contribution in [-0.2, 0) is 4.79 Å². The minimum atomic E-state index is 0.253. The van der Waals surface area contributed by atoms with Crippen molar-refractivity contribution in [3.05, 3.63) is 0 Å². The van der Waals surface area contributed by atoms with E-state index in [0.29, 0.717) is 6.04 Å². The van der Waals surface area contributed by atoms with Crippen LogP contribution in [0.3, 0.4) is 0 Å². The first kappa shape index (κ1) is 8.05. The Morgan fingerprint density at radius 1 is 1.58 bits per heavy atom. The molecule has 0 spiro atoms. The van der Waals surface area contributed by atoms with Crippen LogP contribution in [0, 0.1) is 11.8 Å². The van der Waals surface area contributed by atoms with Gasteiger partial charge < -0.3 is 10.6 Å². The molecule has 1 saturated carbocycles. The Labute approximate surface area is 72.9 Å². The number of amides is 1. The average molecular weight is 168 g/mol. The maximum absolute atomic E-state index is 11.4. The smallest absolute Gasteiger partial charge is 0.225 e. The van der Waals surface area contributed by atoms with Crippen molar-refractivity contribution < 1.29 is 4.79 Å². The molecule has 1 aliphatic heterocycles. The number of hydrogen-bond acceptors (Lipinski definition) is 2. The fourth-order valence-corrected chi connectivity index (χ4v) is 1.65. The van der Waals surface area contributed by atoms with E-state index in [2.05, 4.69) is 17.6 Å². The molecule has 0 aromatic rings. The zero-order valence-electron chi connectivity index (χ0n) is 7.47. The molecule has 0 aromatic carbocycles. The Hall–Kier alpha value is -0.570. The molecule has 3 nitrogen and oxygen atoms in total. The Bertz CT molecular complexity index is 189. The number of carbonyl (C=O) groups excluding carboxylic acids is 1. The van der Waals surface area contributed by atoms with E-state index < -0.39 is 0 Å². The van der Waals surface area contributed by atoms with E-state index >= 15 is 0 Å². The van der Waals surface area contributed by atoms with Crippen molar-refractivity contribution in [2.75, 3.05) is 13.1 Å². The van der Waals surface area contributed by atoms with Gasteiger partial charge in [0.2, 0.25) is 5.91 Å². The molecule has 0 aromatic heterocycles. The number of nitrogens with one attached hydrogen (secondary N) is 2. The van der Waals surface area contributed by atoms with E-state index in [1.807, 2.05) is 0 Å². The lowest BCUT2D eigenvalue weighted by atomic mass is 10.0. The third kappa shape index (κ3) is 1.46. The molecule has 1 heterocycles. The third-order valence-corrected chi connectivity index (χ3v) is 2.93. The molecule has 68 valence electrons. The van der Waals surface area contributed by atoms with E-state index in [4.69, 9.17) is 0 Å². The third-order valence-electron chi connectivity index (χ3n) is 2.93. The summed E-state index contributed by atoms with van der Waals surface area (Å²) in [5.74, 6) is 1.28. The van der Waals surface area contributed by atoms with Gasteiger partial charge in [-0.25, -0.2) is 0 Å². The van der Waals surface area contributed by atoms with Gasteiger partial charge >= 0.3 is 0 Å². The van der Waals surface area contributed by atoms with Crippen molar-refractivity contribution >= 4 is 5.91 Å². The van der Waals surface area contributed by atoms with Gasteiger partial charge in [-0.15, -0.1) is 0 Å². The van der Waals surface area contributed by atoms with Crippen LogP contribution < -0.4 is 10.6 Å². The minimum Gasteiger partial charge on any atom is -0.353 e. The Morgan fingerprint density at radius 2 is 2.33 bits per heavy atom. The molecule has 2 aliphatic rings. The lowest BCUT2D eigenvalue weighted by Crippen LogP contribution is -2.51. The van der Waals surface area contributed by atoms with E-state index in [9.17, 15) is 4.79 Å². The number of carbonyl (C=O) groups is 1. The summed E-state index contributed by atoms with van der Waals surface area (Å²) in [5.41, 5.74) is 0. The highest BCUT2D eigenvalue weighted by Crippen LogP contribution is 2.33. The molecule has 3 heteroatoms. The zero-order valence-corrected chi connectivity index (χ0v) is 7.47. The first-order chi connectivity index (χ1) is 5.81. The van der Waals surface area contributed by atoms with Crippen molar-refractivity contribution in [1.82, 2.24) is 10.6 Å². The zero-order chi connectivity index (χ0) is 8.55. The standard InChI is InChI=1S/C9H16N2O/c1-2-6-3-8(6)11-9(12)7-4-10-5-7/h6-8,10H,2-5H2,1H3,(H,11,12). The first-order valence-electron chi connectivity index (χ1n) is 4.82. The maximum atomic E-state index is 11.4. The number of rotatable bonds is 3.